The molecule has 2 heterocycles. The van der Waals surface area contributed by atoms with Gasteiger partial charge in [-0.25, -0.2) is 13.4 Å². The van der Waals surface area contributed by atoms with Gasteiger partial charge in [0.2, 0.25) is 9.84 Å². The highest BCUT2D eigenvalue weighted by Gasteiger charge is 2.18. The molecule has 2 N–H and O–H groups in total. The SMILES string of the molecule is Cc1ccc(S(=O)(=O)c2ccc(C(N)=O)nc2)cn1. The van der Waals surface area contributed by atoms with Crippen molar-refractivity contribution >= 4 is 15.7 Å². The Labute approximate surface area is 110 Å². The van der Waals surface area contributed by atoms with E-state index in [1.165, 1.54) is 24.4 Å². The van der Waals surface area contributed by atoms with Crippen LogP contribution >= 0.6 is 0 Å². The van der Waals surface area contributed by atoms with Crippen molar-refractivity contribution in [3.63, 3.8) is 0 Å². The van der Waals surface area contributed by atoms with E-state index in [1.807, 2.05) is 0 Å². The number of rotatable bonds is 3. The van der Waals surface area contributed by atoms with Crippen molar-refractivity contribution in [2.24, 2.45) is 5.73 Å². The lowest BCUT2D eigenvalue weighted by atomic mass is 10.3. The van der Waals surface area contributed by atoms with Gasteiger partial charge in [0, 0.05) is 18.1 Å². The van der Waals surface area contributed by atoms with Crippen molar-refractivity contribution in [3.8, 4) is 0 Å². The maximum atomic E-state index is 12.2. The fraction of sp³-hybridized carbons (Fsp3) is 0.0833. The Morgan fingerprint density at radius 2 is 1.63 bits per heavy atom. The highest BCUT2D eigenvalue weighted by Crippen LogP contribution is 2.19. The minimum Gasteiger partial charge on any atom is -0.364 e. The fourth-order valence-electron chi connectivity index (χ4n) is 1.43. The van der Waals surface area contributed by atoms with Gasteiger partial charge in [-0.2, -0.15) is 0 Å². The number of carbonyl (C=O) groups is 1. The molecule has 2 rings (SSSR count). The van der Waals surface area contributed by atoms with Crippen molar-refractivity contribution in [2.75, 3.05) is 0 Å². The molecular weight excluding hydrogens is 266 g/mol. The summed E-state index contributed by atoms with van der Waals surface area (Å²) >= 11 is 0. The molecule has 0 saturated heterocycles. The van der Waals surface area contributed by atoms with E-state index in [1.54, 1.807) is 13.0 Å². The molecule has 0 fully saturated rings. The molecule has 0 aliphatic rings. The van der Waals surface area contributed by atoms with Crippen LogP contribution in [-0.4, -0.2) is 24.3 Å². The van der Waals surface area contributed by atoms with Gasteiger partial charge in [0.15, 0.2) is 0 Å². The zero-order valence-electron chi connectivity index (χ0n) is 10.1. The molecule has 0 aliphatic carbocycles. The molecule has 19 heavy (non-hydrogen) atoms. The molecule has 2 aromatic rings. The van der Waals surface area contributed by atoms with E-state index in [0.29, 0.717) is 0 Å². The Bertz CT molecular complexity index is 707. The van der Waals surface area contributed by atoms with Crippen molar-refractivity contribution < 1.29 is 13.2 Å². The molecule has 7 heteroatoms. The fourth-order valence-corrected chi connectivity index (χ4v) is 2.58. The first-order valence-electron chi connectivity index (χ1n) is 5.35. The van der Waals surface area contributed by atoms with Crippen LogP contribution in [0.3, 0.4) is 0 Å². The Kier molecular flexibility index (Phi) is 3.30. The van der Waals surface area contributed by atoms with Gasteiger partial charge in [0.05, 0.1) is 9.79 Å². The summed E-state index contributed by atoms with van der Waals surface area (Å²) in [5.41, 5.74) is 5.78. The van der Waals surface area contributed by atoms with Crippen LogP contribution in [0.4, 0.5) is 0 Å². The lowest BCUT2D eigenvalue weighted by Crippen LogP contribution is -2.13. The van der Waals surface area contributed by atoms with Gasteiger partial charge < -0.3 is 5.73 Å². The number of hydrogen-bond acceptors (Lipinski definition) is 5. The summed E-state index contributed by atoms with van der Waals surface area (Å²) in [6.07, 6.45) is 2.39. The number of aromatic nitrogens is 2. The molecule has 2 aromatic heterocycles. The van der Waals surface area contributed by atoms with Crippen molar-refractivity contribution in [1.29, 1.82) is 0 Å². The molecule has 0 unspecified atom stereocenters. The van der Waals surface area contributed by atoms with E-state index in [2.05, 4.69) is 9.97 Å². The topological polar surface area (TPSA) is 103 Å². The second-order valence-electron chi connectivity index (χ2n) is 3.88. The molecule has 1 amide bonds. The summed E-state index contributed by atoms with van der Waals surface area (Å²) in [7, 11) is -3.68. The van der Waals surface area contributed by atoms with Crippen molar-refractivity contribution in [2.45, 2.75) is 16.7 Å². The minimum atomic E-state index is -3.68. The van der Waals surface area contributed by atoms with E-state index >= 15 is 0 Å². The van der Waals surface area contributed by atoms with Crippen LogP contribution in [0.15, 0.2) is 46.5 Å². The highest BCUT2D eigenvalue weighted by molar-refractivity contribution is 7.91. The maximum absolute atomic E-state index is 12.2. The molecule has 0 radical (unpaired) electrons. The predicted molar refractivity (Wildman–Crippen MR) is 67.2 cm³/mol. The summed E-state index contributed by atoms with van der Waals surface area (Å²) < 4.78 is 24.5. The average molecular weight is 277 g/mol. The van der Waals surface area contributed by atoms with Gasteiger partial charge in [0.25, 0.3) is 5.91 Å². The molecule has 0 spiro atoms. The first-order chi connectivity index (χ1) is 8.91. The van der Waals surface area contributed by atoms with Gasteiger partial charge in [0.1, 0.15) is 5.69 Å². The summed E-state index contributed by atoms with van der Waals surface area (Å²) in [6, 6.07) is 5.65. The zero-order valence-corrected chi connectivity index (χ0v) is 10.9. The molecule has 0 aromatic carbocycles. The lowest BCUT2D eigenvalue weighted by molar-refractivity contribution is 0.0995. The van der Waals surface area contributed by atoms with Crippen molar-refractivity contribution in [3.05, 3.63) is 48.0 Å². The first kappa shape index (κ1) is 13.2. The van der Waals surface area contributed by atoms with E-state index in [4.69, 9.17) is 5.73 Å². The Morgan fingerprint density at radius 1 is 1.05 bits per heavy atom. The van der Waals surface area contributed by atoms with Crippen LogP contribution in [0.2, 0.25) is 0 Å². The molecule has 6 nitrogen and oxygen atoms in total. The van der Waals surface area contributed by atoms with E-state index in [-0.39, 0.29) is 15.5 Å². The lowest BCUT2D eigenvalue weighted by Gasteiger charge is -2.04. The number of carbonyl (C=O) groups excluding carboxylic acids is 1. The van der Waals surface area contributed by atoms with Crippen LogP contribution in [0, 0.1) is 6.92 Å². The van der Waals surface area contributed by atoms with Gasteiger partial charge >= 0.3 is 0 Å². The molecule has 0 bridgehead atoms. The first-order valence-corrected chi connectivity index (χ1v) is 6.83. The number of hydrogen-bond donors (Lipinski definition) is 1. The summed E-state index contributed by atoms with van der Waals surface area (Å²) in [6.45, 7) is 1.76. The molecular formula is C12H11N3O3S. The van der Waals surface area contributed by atoms with Crippen LogP contribution in [-0.2, 0) is 9.84 Å². The third-order valence-electron chi connectivity index (χ3n) is 2.49. The smallest absolute Gasteiger partial charge is 0.267 e. The third kappa shape index (κ3) is 2.60. The molecule has 0 aliphatic heterocycles. The van der Waals surface area contributed by atoms with Gasteiger partial charge in [-0.05, 0) is 31.2 Å². The van der Waals surface area contributed by atoms with E-state index < -0.39 is 15.7 Å². The molecule has 0 saturated carbocycles. The van der Waals surface area contributed by atoms with E-state index in [0.717, 1.165) is 11.9 Å². The number of nitrogens with zero attached hydrogens (tertiary/aromatic N) is 2. The van der Waals surface area contributed by atoms with Gasteiger partial charge in [-0.15, -0.1) is 0 Å². The number of aryl methyl sites for hydroxylation is 1. The monoisotopic (exact) mass is 277 g/mol. The number of primary amides is 1. The van der Waals surface area contributed by atoms with Crippen LogP contribution in [0.5, 0.6) is 0 Å². The summed E-state index contributed by atoms with van der Waals surface area (Å²) in [5.74, 6) is -0.707. The molecule has 98 valence electrons. The summed E-state index contributed by atoms with van der Waals surface area (Å²) in [4.78, 5) is 18.6. The normalized spacial score (nSPS) is 11.2. The number of pyridine rings is 2. The van der Waals surface area contributed by atoms with Gasteiger partial charge in [-0.1, -0.05) is 0 Å². The van der Waals surface area contributed by atoms with Crippen LogP contribution < -0.4 is 5.73 Å². The summed E-state index contributed by atoms with van der Waals surface area (Å²) in [5, 5.41) is 0. The quantitative estimate of drug-likeness (QED) is 0.890. The Morgan fingerprint density at radius 3 is 2.05 bits per heavy atom. The zero-order chi connectivity index (χ0) is 14.0. The number of nitrogens with two attached hydrogens (primary N) is 1. The third-order valence-corrected chi connectivity index (χ3v) is 4.22. The average Bonchev–Trinajstić information content (AvgIpc) is 2.39. The van der Waals surface area contributed by atoms with Crippen LogP contribution in [0.25, 0.3) is 0 Å². The number of amides is 1. The Balaban J connectivity index is 2.44. The largest absolute Gasteiger partial charge is 0.364 e. The maximum Gasteiger partial charge on any atom is 0.267 e. The van der Waals surface area contributed by atoms with E-state index in [9.17, 15) is 13.2 Å². The van der Waals surface area contributed by atoms with Crippen molar-refractivity contribution in [1.82, 2.24) is 9.97 Å². The highest BCUT2D eigenvalue weighted by atomic mass is 32.2. The predicted octanol–water partition coefficient (Wildman–Crippen LogP) is 0.717. The number of sulfone groups is 1. The Hall–Kier alpha value is -2.28. The minimum absolute atomic E-state index is 0.0110. The van der Waals surface area contributed by atoms with Gasteiger partial charge in [-0.3, -0.25) is 9.78 Å². The standard InChI is InChI=1S/C12H11N3O3S/c1-8-2-3-9(6-14-8)19(17,18)10-4-5-11(12(13)16)15-7-10/h2-7H,1H3,(H2,13,16). The molecule has 0 atom stereocenters. The second kappa shape index (κ2) is 4.77. The van der Waals surface area contributed by atoms with Crippen LogP contribution in [0.1, 0.15) is 16.2 Å². The second-order valence-corrected chi connectivity index (χ2v) is 5.83.